The highest BCUT2D eigenvalue weighted by atomic mass is 16.3. The van der Waals surface area contributed by atoms with Gasteiger partial charge in [-0.2, -0.15) is 0 Å². The van der Waals surface area contributed by atoms with E-state index in [0.717, 1.165) is 30.2 Å². The topological polar surface area (TPSA) is 70.1 Å². The summed E-state index contributed by atoms with van der Waals surface area (Å²) in [6, 6.07) is 0. The van der Waals surface area contributed by atoms with E-state index in [-0.39, 0.29) is 6.61 Å². The fourth-order valence-electron chi connectivity index (χ4n) is 1.64. The Kier molecular flexibility index (Phi) is 5.69. The molecule has 5 heteroatoms. The fraction of sp³-hybridized carbons (Fsp3) is 0.667. The summed E-state index contributed by atoms with van der Waals surface area (Å²) in [4.78, 5) is 8.51. The van der Waals surface area contributed by atoms with Gasteiger partial charge in [0.1, 0.15) is 18.0 Å². The van der Waals surface area contributed by atoms with Gasteiger partial charge in [-0.1, -0.05) is 20.8 Å². The van der Waals surface area contributed by atoms with E-state index < -0.39 is 0 Å². The first kappa shape index (κ1) is 13.7. The largest absolute Gasteiger partial charge is 0.395 e. The highest BCUT2D eigenvalue weighted by Gasteiger charge is 2.14. The quantitative estimate of drug-likeness (QED) is 0.676. The van der Waals surface area contributed by atoms with Crippen LogP contribution < -0.4 is 10.6 Å². The van der Waals surface area contributed by atoms with Crippen molar-refractivity contribution in [2.45, 2.75) is 33.1 Å². The lowest BCUT2D eigenvalue weighted by molar-refractivity contribution is 0.311. The second kappa shape index (κ2) is 7.06. The number of aromatic nitrogens is 2. The average Bonchev–Trinajstić information content (AvgIpc) is 2.33. The Morgan fingerprint density at radius 1 is 1.18 bits per heavy atom. The lowest BCUT2D eigenvalue weighted by atomic mass is 10.0. The highest BCUT2D eigenvalue weighted by Crippen LogP contribution is 2.27. The maximum Gasteiger partial charge on any atom is 0.135 e. The number of nitrogens with zero attached hydrogens (tertiary/aromatic N) is 2. The summed E-state index contributed by atoms with van der Waals surface area (Å²) in [6.45, 7) is 7.84. The molecular formula is C12H22N4O. The van der Waals surface area contributed by atoms with Crippen LogP contribution in [-0.2, 0) is 0 Å². The summed E-state index contributed by atoms with van der Waals surface area (Å²) in [5, 5.41) is 15.3. The number of hydrogen-bond donors (Lipinski definition) is 3. The van der Waals surface area contributed by atoms with E-state index in [4.69, 9.17) is 5.11 Å². The van der Waals surface area contributed by atoms with E-state index in [1.165, 1.54) is 0 Å². The number of hydrogen-bond acceptors (Lipinski definition) is 5. The molecule has 0 aliphatic rings. The van der Waals surface area contributed by atoms with Gasteiger partial charge in [0.15, 0.2) is 0 Å². The Balaban J connectivity index is 2.95. The molecule has 0 saturated carbocycles. The molecular weight excluding hydrogens is 216 g/mol. The Morgan fingerprint density at radius 2 is 1.76 bits per heavy atom. The van der Waals surface area contributed by atoms with Crippen LogP contribution in [0.3, 0.4) is 0 Å². The van der Waals surface area contributed by atoms with Crippen molar-refractivity contribution in [3.63, 3.8) is 0 Å². The van der Waals surface area contributed by atoms with E-state index >= 15 is 0 Å². The van der Waals surface area contributed by atoms with Crippen molar-refractivity contribution in [2.75, 3.05) is 30.3 Å². The summed E-state index contributed by atoms with van der Waals surface area (Å²) < 4.78 is 0. The van der Waals surface area contributed by atoms with Crippen LogP contribution in [0.1, 0.15) is 38.7 Å². The predicted octanol–water partition coefficient (Wildman–Crippen LogP) is 1.83. The molecule has 0 saturated heterocycles. The van der Waals surface area contributed by atoms with Crippen molar-refractivity contribution in [1.82, 2.24) is 9.97 Å². The SMILES string of the molecule is CCCNc1ncnc(NCCO)c1C(C)C. The maximum atomic E-state index is 8.85. The smallest absolute Gasteiger partial charge is 0.135 e. The van der Waals surface area contributed by atoms with Crippen molar-refractivity contribution < 1.29 is 5.11 Å². The molecule has 0 atom stereocenters. The van der Waals surface area contributed by atoms with E-state index in [1.54, 1.807) is 6.33 Å². The Labute approximate surface area is 103 Å². The number of nitrogens with one attached hydrogen (secondary N) is 2. The minimum absolute atomic E-state index is 0.0965. The highest BCUT2D eigenvalue weighted by molar-refractivity contribution is 5.58. The molecule has 1 rings (SSSR count). The van der Waals surface area contributed by atoms with E-state index in [2.05, 4.69) is 41.4 Å². The molecule has 1 aromatic heterocycles. The van der Waals surface area contributed by atoms with Gasteiger partial charge in [-0.15, -0.1) is 0 Å². The minimum atomic E-state index is 0.0965. The van der Waals surface area contributed by atoms with Crippen molar-refractivity contribution in [1.29, 1.82) is 0 Å². The molecule has 0 spiro atoms. The van der Waals surface area contributed by atoms with Crippen molar-refractivity contribution in [3.05, 3.63) is 11.9 Å². The van der Waals surface area contributed by atoms with Gasteiger partial charge in [0.2, 0.25) is 0 Å². The number of anilines is 2. The lowest BCUT2D eigenvalue weighted by Crippen LogP contribution is -2.13. The van der Waals surface area contributed by atoms with Crippen LogP contribution in [0.4, 0.5) is 11.6 Å². The van der Waals surface area contributed by atoms with Crippen molar-refractivity contribution >= 4 is 11.6 Å². The van der Waals surface area contributed by atoms with Gasteiger partial charge in [0.25, 0.3) is 0 Å². The third-order valence-electron chi connectivity index (χ3n) is 2.41. The summed E-state index contributed by atoms with van der Waals surface area (Å²) in [5.41, 5.74) is 1.08. The van der Waals surface area contributed by atoms with Crippen LogP contribution in [0, 0.1) is 0 Å². The van der Waals surface area contributed by atoms with Crippen LogP contribution in [0.15, 0.2) is 6.33 Å². The summed E-state index contributed by atoms with van der Waals surface area (Å²) in [5.74, 6) is 2.02. The van der Waals surface area contributed by atoms with Gasteiger partial charge >= 0.3 is 0 Å². The van der Waals surface area contributed by atoms with E-state index in [9.17, 15) is 0 Å². The third-order valence-corrected chi connectivity index (χ3v) is 2.41. The first-order valence-corrected chi connectivity index (χ1v) is 6.14. The standard InChI is InChI=1S/C12H22N4O/c1-4-5-13-11-10(9(2)3)12(14-6-7-17)16-8-15-11/h8-9,17H,4-7H2,1-3H3,(H2,13,14,15,16). The summed E-state index contributed by atoms with van der Waals surface area (Å²) >= 11 is 0. The second-order valence-electron chi connectivity index (χ2n) is 4.22. The molecule has 0 bridgehead atoms. The van der Waals surface area contributed by atoms with Gasteiger partial charge in [-0.3, -0.25) is 0 Å². The molecule has 3 N–H and O–H groups in total. The zero-order chi connectivity index (χ0) is 12.7. The predicted molar refractivity (Wildman–Crippen MR) is 70.5 cm³/mol. The molecule has 0 aromatic carbocycles. The van der Waals surface area contributed by atoms with Gasteiger partial charge in [0, 0.05) is 18.7 Å². The monoisotopic (exact) mass is 238 g/mol. The van der Waals surface area contributed by atoms with Crippen LogP contribution in [-0.4, -0.2) is 34.8 Å². The fourth-order valence-corrected chi connectivity index (χ4v) is 1.64. The average molecular weight is 238 g/mol. The molecule has 0 radical (unpaired) electrons. The summed E-state index contributed by atoms with van der Waals surface area (Å²) in [6.07, 6.45) is 2.60. The van der Waals surface area contributed by atoms with Crippen LogP contribution >= 0.6 is 0 Å². The lowest BCUT2D eigenvalue weighted by Gasteiger charge is -2.17. The Bertz CT molecular complexity index is 315. The zero-order valence-electron chi connectivity index (χ0n) is 10.8. The molecule has 1 heterocycles. The van der Waals surface area contributed by atoms with Gasteiger partial charge in [0.05, 0.1) is 6.61 Å². The van der Waals surface area contributed by atoms with E-state index in [0.29, 0.717) is 12.5 Å². The Hall–Kier alpha value is -1.36. The normalized spacial score (nSPS) is 10.6. The molecule has 0 amide bonds. The van der Waals surface area contributed by atoms with Crippen LogP contribution in [0.25, 0.3) is 0 Å². The molecule has 96 valence electrons. The molecule has 0 aliphatic carbocycles. The zero-order valence-corrected chi connectivity index (χ0v) is 10.8. The second-order valence-corrected chi connectivity index (χ2v) is 4.22. The molecule has 17 heavy (non-hydrogen) atoms. The van der Waals surface area contributed by atoms with Gasteiger partial charge < -0.3 is 15.7 Å². The minimum Gasteiger partial charge on any atom is -0.395 e. The summed E-state index contributed by atoms with van der Waals surface area (Å²) in [7, 11) is 0. The first-order chi connectivity index (χ1) is 8.20. The third kappa shape index (κ3) is 3.85. The molecule has 0 aliphatic heterocycles. The van der Waals surface area contributed by atoms with Gasteiger partial charge in [-0.05, 0) is 12.3 Å². The van der Waals surface area contributed by atoms with Crippen molar-refractivity contribution in [2.24, 2.45) is 0 Å². The molecule has 5 nitrogen and oxygen atoms in total. The maximum absolute atomic E-state index is 8.85. The molecule has 0 fully saturated rings. The van der Waals surface area contributed by atoms with Crippen molar-refractivity contribution in [3.8, 4) is 0 Å². The number of aliphatic hydroxyl groups excluding tert-OH is 1. The van der Waals surface area contributed by atoms with Crippen LogP contribution in [0.2, 0.25) is 0 Å². The molecule has 0 unspecified atom stereocenters. The molecule has 1 aromatic rings. The van der Waals surface area contributed by atoms with E-state index in [1.807, 2.05) is 0 Å². The number of aliphatic hydroxyl groups is 1. The first-order valence-electron chi connectivity index (χ1n) is 6.14. The Morgan fingerprint density at radius 3 is 2.24 bits per heavy atom. The van der Waals surface area contributed by atoms with Gasteiger partial charge in [-0.25, -0.2) is 9.97 Å². The van der Waals surface area contributed by atoms with Crippen LogP contribution in [0.5, 0.6) is 0 Å². The number of rotatable bonds is 7.